The Bertz CT molecular complexity index is 1060. The van der Waals surface area contributed by atoms with E-state index in [-0.39, 0.29) is 33.5 Å². The van der Waals surface area contributed by atoms with Crippen LogP contribution < -0.4 is 14.9 Å². The van der Waals surface area contributed by atoms with Crippen LogP contribution in [0.3, 0.4) is 0 Å². The lowest BCUT2D eigenvalue weighted by molar-refractivity contribution is 0.0593. The van der Waals surface area contributed by atoms with Crippen LogP contribution in [0.25, 0.3) is 23.1 Å². The molecule has 138 valence electrons. The lowest BCUT2D eigenvalue weighted by Crippen LogP contribution is -2.11. The zero-order valence-corrected chi connectivity index (χ0v) is 15.1. The molecule has 6 heteroatoms. The standard InChI is InChI=1S/C21H18O6/c1-24-16-12-17-18(20(25-2)19(16)21(23)26-3)15(22)11-14(27-17)10-9-13-7-5-4-6-8-13/h4-12H,1-3H3/b10-9+. The molecule has 6 nitrogen and oxygen atoms in total. The molecule has 1 heterocycles. The van der Waals surface area contributed by atoms with Crippen molar-refractivity contribution in [3.05, 3.63) is 69.6 Å². The molecule has 27 heavy (non-hydrogen) atoms. The molecular formula is C21H18O6. The fourth-order valence-electron chi connectivity index (χ4n) is 2.77. The molecule has 0 N–H and O–H groups in total. The highest BCUT2D eigenvalue weighted by atomic mass is 16.5. The van der Waals surface area contributed by atoms with Crippen LogP contribution in [0.1, 0.15) is 21.7 Å². The number of esters is 1. The Kier molecular flexibility index (Phi) is 5.26. The molecule has 2 aromatic carbocycles. The van der Waals surface area contributed by atoms with Gasteiger partial charge in [0.15, 0.2) is 11.2 Å². The normalized spacial score (nSPS) is 10.9. The predicted molar refractivity (Wildman–Crippen MR) is 102 cm³/mol. The van der Waals surface area contributed by atoms with Gasteiger partial charge < -0.3 is 18.6 Å². The topological polar surface area (TPSA) is 75.0 Å². The van der Waals surface area contributed by atoms with E-state index >= 15 is 0 Å². The van der Waals surface area contributed by atoms with Crippen molar-refractivity contribution in [1.82, 2.24) is 0 Å². The van der Waals surface area contributed by atoms with E-state index in [0.717, 1.165) is 5.56 Å². The minimum Gasteiger partial charge on any atom is -0.496 e. The van der Waals surface area contributed by atoms with Crippen molar-refractivity contribution in [3.8, 4) is 11.5 Å². The van der Waals surface area contributed by atoms with E-state index in [1.165, 1.54) is 33.5 Å². The Labute approximate surface area is 155 Å². The molecule has 0 spiro atoms. The summed E-state index contributed by atoms with van der Waals surface area (Å²) in [5.41, 5.74) is 0.913. The fraction of sp³-hybridized carbons (Fsp3) is 0.143. The first-order chi connectivity index (χ1) is 13.1. The molecule has 0 unspecified atom stereocenters. The molecule has 3 aromatic rings. The molecule has 0 aliphatic heterocycles. The smallest absolute Gasteiger partial charge is 0.345 e. The lowest BCUT2D eigenvalue weighted by atomic mass is 10.1. The summed E-state index contributed by atoms with van der Waals surface area (Å²) in [6.07, 6.45) is 3.53. The van der Waals surface area contributed by atoms with Crippen LogP contribution in [-0.2, 0) is 4.74 Å². The van der Waals surface area contributed by atoms with Crippen LogP contribution in [0.4, 0.5) is 0 Å². The Balaban J connectivity index is 2.20. The maximum atomic E-state index is 12.7. The first-order valence-corrected chi connectivity index (χ1v) is 8.13. The van der Waals surface area contributed by atoms with Crippen LogP contribution in [0.2, 0.25) is 0 Å². The molecule has 0 aliphatic rings. The molecule has 0 amide bonds. The SMILES string of the molecule is COC(=O)c1c(OC)cc2oc(/C=C/c3ccccc3)cc(=O)c2c1OC. The highest BCUT2D eigenvalue weighted by Crippen LogP contribution is 2.36. The average molecular weight is 366 g/mol. The van der Waals surface area contributed by atoms with Gasteiger partial charge in [0.25, 0.3) is 0 Å². The zero-order valence-electron chi connectivity index (χ0n) is 15.1. The largest absolute Gasteiger partial charge is 0.496 e. The van der Waals surface area contributed by atoms with Gasteiger partial charge in [-0.15, -0.1) is 0 Å². The number of hydrogen-bond acceptors (Lipinski definition) is 6. The lowest BCUT2D eigenvalue weighted by Gasteiger charge is -2.13. The third-order valence-electron chi connectivity index (χ3n) is 4.01. The van der Waals surface area contributed by atoms with E-state index in [1.54, 1.807) is 6.08 Å². The van der Waals surface area contributed by atoms with Gasteiger partial charge in [-0.25, -0.2) is 4.79 Å². The van der Waals surface area contributed by atoms with Crippen LogP contribution in [0.15, 0.2) is 51.7 Å². The third kappa shape index (κ3) is 3.55. The van der Waals surface area contributed by atoms with Gasteiger partial charge in [0.1, 0.15) is 28.0 Å². The molecule has 0 radical (unpaired) electrons. The second-order valence-corrected chi connectivity index (χ2v) is 5.61. The summed E-state index contributed by atoms with van der Waals surface area (Å²) in [4.78, 5) is 24.8. The highest BCUT2D eigenvalue weighted by Gasteiger charge is 2.25. The molecule has 3 rings (SSSR count). The maximum absolute atomic E-state index is 12.7. The molecule has 1 aromatic heterocycles. The number of ether oxygens (including phenoxy) is 3. The van der Waals surface area contributed by atoms with E-state index in [9.17, 15) is 9.59 Å². The number of benzene rings is 2. The molecule has 0 saturated carbocycles. The number of methoxy groups -OCH3 is 3. The van der Waals surface area contributed by atoms with Crippen molar-refractivity contribution >= 4 is 29.1 Å². The molecule has 0 fully saturated rings. The molecule has 0 saturated heterocycles. The summed E-state index contributed by atoms with van der Waals surface area (Å²) < 4.78 is 21.2. The van der Waals surface area contributed by atoms with Gasteiger partial charge in [0.05, 0.1) is 21.3 Å². The van der Waals surface area contributed by atoms with Crippen LogP contribution in [-0.4, -0.2) is 27.3 Å². The monoisotopic (exact) mass is 366 g/mol. The number of rotatable bonds is 5. The molecular weight excluding hydrogens is 348 g/mol. The summed E-state index contributed by atoms with van der Waals surface area (Å²) in [6.45, 7) is 0. The van der Waals surface area contributed by atoms with E-state index in [4.69, 9.17) is 18.6 Å². The minimum atomic E-state index is -0.668. The Morgan fingerprint density at radius 3 is 2.37 bits per heavy atom. The molecule has 0 aliphatic carbocycles. The Morgan fingerprint density at radius 2 is 1.74 bits per heavy atom. The van der Waals surface area contributed by atoms with Gasteiger partial charge in [-0.05, 0) is 11.6 Å². The second kappa shape index (κ2) is 7.78. The van der Waals surface area contributed by atoms with Gasteiger partial charge in [-0.3, -0.25) is 4.79 Å². The highest BCUT2D eigenvalue weighted by molar-refractivity contribution is 6.03. The second-order valence-electron chi connectivity index (χ2n) is 5.61. The van der Waals surface area contributed by atoms with Crippen molar-refractivity contribution < 1.29 is 23.4 Å². The van der Waals surface area contributed by atoms with Gasteiger partial charge in [0.2, 0.25) is 0 Å². The Morgan fingerprint density at radius 1 is 1.00 bits per heavy atom. The maximum Gasteiger partial charge on any atom is 0.345 e. The van der Waals surface area contributed by atoms with Gasteiger partial charge >= 0.3 is 5.97 Å². The zero-order chi connectivity index (χ0) is 19.4. The van der Waals surface area contributed by atoms with Gasteiger partial charge in [-0.1, -0.05) is 36.4 Å². The number of carbonyl (C=O) groups is 1. The van der Waals surface area contributed by atoms with E-state index < -0.39 is 5.97 Å². The predicted octanol–water partition coefficient (Wildman–Crippen LogP) is 3.77. The van der Waals surface area contributed by atoms with Gasteiger partial charge in [-0.2, -0.15) is 0 Å². The van der Waals surface area contributed by atoms with Crippen molar-refractivity contribution in [2.24, 2.45) is 0 Å². The quantitative estimate of drug-likeness (QED) is 0.640. The minimum absolute atomic E-state index is 0.0369. The Hall–Kier alpha value is -3.54. The summed E-state index contributed by atoms with van der Waals surface area (Å²) in [6, 6.07) is 12.4. The summed E-state index contributed by atoms with van der Waals surface area (Å²) >= 11 is 0. The number of fused-ring (bicyclic) bond motifs is 1. The first-order valence-electron chi connectivity index (χ1n) is 8.13. The van der Waals surface area contributed by atoms with Gasteiger partial charge in [0, 0.05) is 12.1 Å². The number of hydrogen-bond donors (Lipinski definition) is 0. The van der Waals surface area contributed by atoms with Crippen LogP contribution in [0, 0.1) is 0 Å². The van der Waals surface area contributed by atoms with Crippen molar-refractivity contribution in [1.29, 1.82) is 0 Å². The van der Waals surface area contributed by atoms with Crippen molar-refractivity contribution in [2.75, 3.05) is 21.3 Å². The average Bonchev–Trinajstić information content (AvgIpc) is 2.70. The summed E-state index contributed by atoms with van der Waals surface area (Å²) in [5.74, 6) is -0.0496. The van der Waals surface area contributed by atoms with E-state index in [0.29, 0.717) is 5.76 Å². The molecule has 0 bridgehead atoms. The van der Waals surface area contributed by atoms with E-state index in [1.807, 2.05) is 36.4 Å². The third-order valence-corrected chi connectivity index (χ3v) is 4.01. The van der Waals surface area contributed by atoms with E-state index in [2.05, 4.69) is 0 Å². The number of carbonyl (C=O) groups excluding carboxylic acids is 1. The van der Waals surface area contributed by atoms with Crippen LogP contribution >= 0.6 is 0 Å². The summed E-state index contributed by atoms with van der Waals surface area (Å²) in [7, 11) is 4.01. The summed E-state index contributed by atoms with van der Waals surface area (Å²) in [5, 5.41) is 0.149. The van der Waals surface area contributed by atoms with Crippen LogP contribution in [0.5, 0.6) is 11.5 Å². The molecule has 0 atom stereocenters. The van der Waals surface area contributed by atoms with Crippen molar-refractivity contribution in [3.63, 3.8) is 0 Å². The van der Waals surface area contributed by atoms with Crippen molar-refractivity contribution in [2.45, 2.75) is 0 Å². The first kappa shape index (κ1) is 18.3. The fourth-order valence-corrected chi connectivity index (χ4v) is 2.77.